The van der Waals surface area contributed by atoms with Crippen LogP contribution in [0.15, 0.2) is 48.8 Å². The summed E-state index contributed by atoms with van der Waals surface area (Å²) in [7, 11) is 0. The minimum absolute atomic E-state index is 0.119. The van der Waals surface area contributed by atoms with Crippen molar-refractivity contribution in [3.8, 4) is 11.1 Å². The highest BCUT2D eigenvalue weighted by atomic mass is 19.4. The van der Waals surface area contributed by atoms with Gasteiger partial charge in [-0.05, 0) is 55.8 Å². The summed E-state index contributed by atoms with van der Waals surface area (Å²) in [4.78, 5) is 18.9. The predicted octanol–water partition coefficient (Wildman–Crippen LogP) is 5.52. The van der Waals surface area contributed by atoms with Crippen LogP contribution in [0.2, 0.25) is 0 Å². The fraction of sp³-hybridized carbons (Fsp3) is 0.318. The van der Waals surface area contributed by atoms with Gasteiger partial charge >= 0.3 is 6.18 Å². The van der Waals surface area contributed by atoms with Gasteiger partial charge in [-0.15, -0.1) is 0 Å². The van der Waals surface area contributed by atoms with Crippen LogP contribution in [0.3, 0.4) is 0 Å². The molecule has 1 amide bonds. The number of hydrogen-bond donors (Lipinski definition) is 0. The first kappa shape index (κ1) is 21.5. The highest BCUT2D eigenvalue weighted by Crippen LogP contribution is 2.34. The van der Waals surface area contributed by atoms with Crippen LogP contribution in [0, 0.1) is 6.92 Å². The van der Waals surface area contributed by atoms with Gasteiger partial charge < -0.3 is 4.90 Å². The summed E-state index contributed by atoms with van der Waals surface area (Å²) >= 11 is 0. The second-order valence-corrected chi connectivity index (χ2v) is 6.85. The lowest BCUT2D eigenvalue weighted by Crippen LogP contribution is -2.42. The summed E-state index contributed by atoms with van der Waals surface area (Å²) in [6.07, 6.45) is -1.10. The molecule has 0 radical (unpaired) electrons. The van der Waals surface area contributed by atoms with Gasteiger partial charge in [0.25, 0.3) is 5.91 Å². The van der Waals surface area contributed by atoms with Gasteiger partial charge in [-0.2, -0.15) is 18.3 Å². The van der Waals surface area contributed by atoms with E-state index in [1.54, 1.807) is 23.1 Å². The number of halogens is 3. The number of rotatable bonds is 2. The summed E-state index contributed by atoms with van der Waals surface area (Å²) in [5.74, 6) is -0.292. The van der Waals surface area contributed by atoms with E-state index in [1.807, 2.05) is 33.8 Å². The summed E-state index contributed by atoms with van der Waals surface area (Å²) in [5, 5.41) is 4.37. The normalized spacial score (nSPS) is 16.0. The molecule has 5 nitrogen and oxygen atoms in total. The molecule has 0 N–H and O–H groups in total. The largest absolute Gasteiger partial charge is 0.416 e. The molecule has 0 saturated carbocycles. The lowest BCUT2D eigenvalue weighted by Gasteiger charge is -2.32. The minimum atomic E-state index is -4.41. The zero-order chi connectivity index (χ0) is 22.1. The van der Waals surface area contributed by atoms with Crippen molar-refractivity contribution >= 4 is 11.6 Å². The number of aryl methyl sites for hydroxylation is 1. The number of amides is 1. The average molecular weight is 416 g/mol. The number of carbonyl (C=O) groups excluding carboxylic acids is 1. The second-order valence-electron chi connectivity index (χ2n) is 6.85. The molecule has 3 heterocycles. The molecule has 3 aromatic rings. The molecule has 30 heavy (non-hydrogen) atoms. The Morgan fingerprint density at radius 1 is 1.10 bits per heavy atom. The van der Waals surface area contributed by atoms with Crippen molar-refractivity contribution < 1.29 is 18.0 Å². The van der Waals surface area contributed by atoms with Crippen LogP contribution >= 0.6 is 0 Å². The first-order valence-electron chi connectivity index (χ1n) is 9.75. The number of fused-ring (bicyclic) bond motifs is 1. The van der Waals surface area contributed by atoms with E-state index in [9.17, 15) is 18.0 Å². The van der Waals surface area contributed by atoms with Crippen LogP contribution < -0.4 is 4.90 Å². The standard InChI is InChI=1S/C20H17F3N4O.C2H6/c1-12-9-14(7-8-24-12)17-10-25-27-13(2)11-26(19(28)18(17)27)16-5-3-15(4-6-16)20(21,22)23;1-2/h3-10,13H,11H2,1-2H3;1-2H3/t13-;/m0./s1. The Morgan fingerprint density at radius 3 is 2.37 bits per heavy atom. The van der Waals surface area contributed by atoms with Gasteiger partial charge in [0.2, 0.25) is 0 Å². The maximum atomic E-state index is 13.2. The van der Waals surface area contributed by atoms with Crippen molar-refractivity contribution in [2.75, 3.05) is 11.4 Å². The van der Waals surface area contributed by atoms with Crippen LogP contribution in [0.25, 0.3) is 11.1 Å². The summed E-state index contributed by atoms with van der Waals surface area (Å²) in [6.45, 7) is 8.10. The lowest BCUT2D eigenvalue weighted by molar-refractivity contribution is -0.137. The number of anilines is 1. The van der Waals surface area contributed by atoms with Crippen molar-refractivity contribution in [1.82, 2.24) is 14.8 Å². The molecule has 0 saturated heterocycles. The maximum Gasteiger partial charge on any atom is 0.416 e. The molecule has 0 unspecified atom stereocenters. The van der Waals surface area contributed by atoms with Gasteiger partial charge in [-0.3, -0.25) is 14.5 Å². The smallest absolute Gasteiger partial charge is 0.305 e. The van der Waals surface area contributed by atoms with Crippen molar-refractivity contribution in [1.29, 1.82) is 0 Å². The van der Waals surface area contributed by atoms with Gasteiger partial charge in [0.05, 0.1) is 17.8 Å². The SMILES string of the molecule is CC.Cc1cc(-c2cnn3c2C(=O)N(c2ccc(C(F)(F)F)cc2)C[C@@H]3C)ccn1. The Bertz CT molecular complexity index is 1040. The van der Waals surface area contributed by atoms with Crippen LogP contribution in [0.1, 0.15) is 48.6 Å². The van der Waals surface area contributed by atoms with Gasteiger partial charge in [0, 0.05) is 29.7 Å². The molecule has 1 aromatic carbocycles. The number of alkyl halides is 3. The zero-order valence-corrected chi connectivity index (χ0v) is 17.2. The topological polar surface area (TPSA) is 51.0 Å². The van der Waals surface area contributed by atoms with Crippen LogP contribution in [-0.4, -0.2) is 27.2 Å². The molecule has 0 fully saturated rings. The monoisotopic (exact) mass is 416 g/mol. The molecule has 0 bridgehead atoms. The third kappa shape index (κ3) is 3.94. The Balaban J connectivity index is 0.00000124. The zero-order valence-electron chi connectivity index (χ0n) is 17.2. The van der Waals surface area contributed by atoms with E-state index < -0.39 is 11.7 Å². The molecule has 1 aliphatic rings. The van der Waals surface area contributed by atoms with E-state index >= 15 is 0 Å². The molecule has 158 valence electrons. The summed E-state index contributed by atoms with van der Waals surface area (Å²) < 4.78 is 40.2. The van der Waals surface area contributed by atoms with E-state index in [2.05, 4.69) is 10.1 Å². The van der Waals surface area contributed by atoms with Gasteiger partial charge in [0.15, 0.2) is 0 Å². The molecule has 4 rings (SSSR count). The third-order valence-electron chi connectivity index (χ3n) is 4.82. The van der Waals surface area contributed by atoms with Gasteiger partial charge in [-0.1, -0.05) is 13.8 Å². The number of nitrogens with zero attached hydrogens (tertiary/aromatic N) is 4. The Morgan fingerprint density at radius 2 is 1.77 bits per heavy atom. The quantitative estimate of drug-likeness (QED) is 0.553. The number of pyridine rings is 1. The predicted molar refractivity (Wildman–Crippen MR) is 109 cm³/mol. The first-order valence-corrected chi connectivity index (χ1v) is 9.75. The van der Waals surface area contributed by atoms with E-state index in [4.69, 9.17) is 0 Å². The molecule has 0 spiro atoms. The van der Waals surface area contributed by atoms with Crippen molar-refractivity contribution in [3.63, 3.8) is 0 Å². The summed E-state index contributed by atoms with van der Waals surface area (Å²) in [5.41, 5.74) is 2.42. The first-order chi connectivity index (χ1) is 14.3. The number of aromatic nitrogens is 3. The lowest BCUT2D eigenvalue weighted by atomic mass is 10.0. The van der Waals surface area contributed by atoms with Crippen LogP contribution in [0.5, 0.6) is 0 Å². The van der Waals surface area contributed by atoms with Crippen LogP contribution in [0.4, 0.5) is 18.9 Å². The summed E-state index contributed by atoms with van der Waals surface area (Å²) in [6, 6.07) is 8.20. The van der Waals surface area contributed by atoms with Gasteiger partial charge in [-0.25, -0.2) is 0 Å². The maximum absolute atomic E-state index is 13.2. The highest BCUT2D eigenvalue weighted by molar-refractivity contribution is 6.09. The van der Waals surface area contributed by atoms with Gasteiger partial charge in [0.1, 0.15) is 5.69 Å². The van der Waals surface area contributed by atoms with E-state index in [0.717, 1.165) is 23.4 Å². The Kier molecular flexibility index (Phi) is 5.96. The Labute approximate surface area is 173 Å². The number of benzene rings is 1. The highest BCUT2D eigenvalue weighted by Gasteiger charge is 2.35. The molecule has 0 aliphatic carbocycles. The molecule has 2 aromatic heterocycles. The fourth-order valence-electron chi connectivity index (χ4n) is 3.44. The van der Waals surface area contributed by atoms with E-state index in [1.165, 1.54) is 17.0 Å². The molecular formula is C22H23F3N4O. The van der Waals surface area contributed by atoms with Crippen molar-refractivity contribution in [3.05, 3.63) is 65.7 Å². The Hall–Kier alpha value is -3.16. The minimum Gasteiger partial charge on any atom is -0.305 e. The van der Waals surface area contributed by atoms with Crippen LogP contribution in [-0.2, 0) is 6.18 Å². The second kappa shape index (κ2) is 8.30. The van der Waals surface area contributed by atoms with E-state index in [0.29, 0.717) is 23.5 Å². The average Bonchev–Trinajstić information content (AvgIpc) is 3.18. The molecule has 1 aliphatic heterocycles. The molecule has 8 heteroatoms. The number of hydrogen-bond acceptors (Lipinski definition) is 3. The fourth-order valence-corrected chi connectivity index (χ4v) is 3.44. The number of carbonyl (C=O) groups is 1. The van der Waals surface area contributed by atoms with Crippen molar-refractivity contribution in [2.24, 2.45) is 0 Å². The third-order valence-corrected chi connectivity index (χ3v) is 4.82. The molecular weight excluding hydrogens is 393 g/mol. The molecule has 1 atom stereocenters. The van der Waals surface area contributed by atoms with Crippen molar-refractivity contribution in [2.45, 2.75) is 39.9 Å². The van der Waals surface area contributed by atoms with E-state index in [-0.39, 0.29) is 11.9 Å².